The summed E-state index contributed by atoms with van der Waals surface area (Å²) in [5.74, 6) is 0.0844. The van der Waals surface area contributed by atoms with Gasteiger partial charge in [0.1, 0.15) is 5.75 Å². The van der Waals surface area contributed by atoms with E-state index >= 15 is 0 Å². The fraction of sp³-hybridized carbons (Fsp3) is 0.273. The maximum absolute atomic E-state index is 12.0. The van der Waals surface area contributed by atoms with Gasteiger partial charge in [-0.25, -0.2) is 0 Å². The van der Waals surface area contributed by atoms with Crippen LogP contribution in [0.1, 0.15) is 16.2 Å². The second-order valence-electron chi connectivity index (χ2n) is 3.70. The first-order chi connectivity index (χ1) is 9.04. The minimum Gasteiger partial charge on any atom is -0.435 e. The maximum atomic E-state index is 12.0. The lowest BCUT2D eigenvalue weighted by Gasteiger charge is -2.04. The number of benzene rings is 1. The second kappa shape index (κ2) is 5.51. The van der Waals surface area contributed by atoms with E-state index in [0.29, 0.717) is 11.4 Å². The van der Waals surface area contributed by atoms with Gasteiger partial charge in [0.25, 0.3) is 0 Å². The number of hydrogen-bond acceptors (Lipinski definition) is 5. The summed E-state index contributed by atoms with van der Waals surface area (Å²) in [6.07, 6.45) is 0.00287. The molecule has 0 N–H and O–H groups in total. The second-order valence-corrected chi connectivity index (χ2v) is 3.70. The Bertz CT molecular complexity index is 568. The average Bonchev–Trinajstić information content (AvgIpc) is 2.75. The molecular weight excluding hydrogens is 258 g/mol. The molecule has 19 heavy (non-hydrogen) atoms. The normalized spacial score (nSPS) is 10.7. The zero-order chi connectivity index (χ0) is 13.8. The summed E-state index contributed by atoms with van der Waals surface area (Å²) in [7, 11) is 1.59. The molecule has 2 rings (SSSR count). The van der Waals surface area contributed by atoms with Gasteiger partial charge in [-0.3, -0.25) is 4.79 Å². The standard InChI is InChI=1S/C11H10F2N4O2/c1-17-15-10(14-16-17)6-9(18)7-2-4-8(5-3-7)19-11(12)13/h2-5,11H,6H2,1H3. The highest BCUT2D eigenvalue weighted by atomic mass is 19.3. The van der Waals surface area contributed by atoms with Crippen LogP contribution in [0.3, 0.4) is 0 Å². The Hall–Kier alpha value is -2.38. The molecule has 0 amide bonds. The molecule has 2 aromatic rings. The number of aromatic nitrogens is 4. The van der Waals surface area contributed by atoms with Gasteiger partial charge in [-0.15, -0.1) is 10.2 Å². The van der Waals surface area contributed by atoms with Gasteiger partial charge in [0, 0.05) is 5.56 Å². The SMILES string of the molecule is Cn1nnc(CC(=O)c2ccc(OC(F)F)cc2)n1. The first-order valence-electron chi connectivity index (χ1n) is 5.35. The van der Waals surface area contributed by atoms with Gasteiger partial charge >= 0.3 is 6.61 Å². The lowest BCUT2D eigenvalue weighted by molar-refractivity contribution is -0.0498. The fourth-order valence-electron chi connectivity index (χ4n) is 1.46. The van der Waals surface area contributed by atoms with E-state index in [4.69, 9.17) is 0 Å². The van der Waals surface area contributed by atoms with Crippen LogP contribution in [-0.4, -0.2) is 32.6 Å². The van der Waals surface area contributed by atoms with Crippen LogP contribution in [0.2, 0.25) is 0 Å². The molecule has 0 aliphatic heterocycles. The molecule has 0 unspecified atom stereocenters. The summed E-state index contributed by atoms with van der Waals surface area (Å²) in [6, 6.07) is 5.44. The van der Waals surface area contributed by atoms with Crippen molar-refractivity contribution in [1.82, 2.24) is 20.2 Å². The third-order valence-corrected chi connectivity index (χ3v) is 2.27. The minimum absolute atomic E-state index is 0.00287. The molecule has 100 valence electrons. The van der Waals surface area contributed by atoms with E-state index < -0.39 is 6.61 Å². The Morgan fingerprint density at radius 2 is 2.05 bits per heavy atom. The quantitative estimate of drug-likeness (QED) is 0.763. The van der Waals surface area contributed by atoms with Gasteiger partial charge in [0.15, 0.2) is 11.6 Å². The number of carbonyl (C=O) groups is 1. The van der Waals surface area contributed by atoms with Crippen molar-refractivity contribution in [2.75, 3.05) is 0 Å². The number of ketones is 1. The largest absolute Gasteiger partial charge is 0.435 e. The smallest absolute Gasteiger partial charge is 0.387 e. The van der Waals surface area contributed by atoms with Crippen molar-refractivity contribution in [3.8, 4) is 5.75 Å². The Labute approximate surface area is 107 Å². The lowest BCUT2D eigenvalue weighted by atomic mass is 10.1. The lowest BCUT2D eigenvalue weighted by Crippen LogP contribution is -2.06. The highest BCUT2D eigenvalue weighted by Gasteiger charge is 2.11. The monoisotopic (exact) mass is 268 g/mol. The van der Waals surface area contributed by atoms with E-state index in [-0.39, 0.29) is 18.0 Å². The molecule has 1 heterocycles. The number of rotatable bonds is 5. The Morgan fingerprint density at radius 3 is 2.58 bits per heavy atom. The van der Waals surface area contributed by atoms with Crippen LogP contribution in [0, 0.1) is 0 Å². The highest BCUT2D eigenvalue weighted by Crippen LogP contribution is 2.15. The zero-order valence-electron chi connectivity index (χ0n) is 9.96. The molecular formula is C11H10F2N4O2. The van der Waals surface area contributed by atoms with E-state index in [9.17, 15) is 13.6 Å². The van der Waals surface area contributed by atoms with E-state index in [1.165, 1.54) is 29.1 Å². The molecule has 0 aliphatic rings. The van der Waals surface area contributed by atoms with Crippen LogP contribution in [-0.2, 0) is 13.5 Å². The molecule has 0 fully saturated rings. The summed E-state index contributed by atoms with van der Waals surface area (Å²) >= 11 is 0. The van der Waals surface area contributed by atoms with Crippen molar-refractivity contribution in [3.63, 3.8) is 0 Å². The van der Waals surface area contributed by atoms with E-state index in [1.54, 1.807) is 7.05 Å². The molecule has 0 radical (unpaired) electrons. The number of tetrazole rings is 1. The molecule has 0 atom stereocenters. The van der Waals surface area contributed by atoms with Gasteiger partial charge in [-0.2, -0.15) is 13.6 Å². The number of nitrogens with zero attached hydrogens (tertiary/aromatic N) is 4. The van der Waals surface area contributed by atoms with Crippen LogP contribution in [0.15, 0.2) is 24.3 Å². The van der Waals surface area contributed by atoms with Crippen molar-refractivity contribution in [1.29, 1.82) is 0 Å². The van der Waals surface area contributed by atoms with Gasteiger partial charge in [0.05, 0.1) is 13.5 Å². The zero-order valence-corrected chi connectivity index (χ0v) is 9.96. The predicted octanol–water partition coefficient (Wildman–Crippen LogP) is 1.24. The van der Waals surface area contributed by atoms with Gasteiger partial charge < -0.3 is 4.74 Å². The Balaban J connectivity index is 2.03. The fourth-order valence-corrected chi connectivity index (χ4v) is 1.46. The van der Waals surface area contributed by atoms with Gasteiger partial charge in [-0.05, 0) is 29.5 Å². The number of ether oxygens (including phenoxy) is 1. The number of Topliss-reactive ketones (excluding diaryl/α,β-unsaturated/α-hetero) is 1. The summed E-state index contributed by atoms with van der Waals surface area (Å²) in [4.78, 5) is 13.1. The molecule has 6 nitrogen and oxygen atoms in total. The van der Waals surface area contributed by atoms with Crippen molar-refractivity contribution < 1.29 is 18.3 Å². The van der Waals surface area contributed by atoms with Gasteiger partial charge in [0.2, 0.25) is 0 Å². The predicted molar refractivity (Wildman–Crippen MR) is 59.9 cm³/mol. The Morgan fingerprint density at radius 1 is 1.37 bits per heavy atom. The first-order valence-corrected chi connectivity index (χ1v) is 5.35. The molecule has 0 bridgehead atoms. The number of carbonyl (C=O) groups excluding carboxylic acids is 1. The molecule has 8 heteroatoms. The molecule has 0 spiro atoms. The van der Waals surface area contributed by atoms with Crippen LogP contribution in [0.5, 0.6) is 5.75 Å². The third-order valence-electron chi connectivity index (χ3n) is 2.27. The van der Waals surface area contributed by atoms with Crippen molar-refractivity contribution in [2.24, 2.45) is 7.05 Å². The molecule has 0 saturated carbocycles. The van der Waals surface area contributed by atoms with Crippen LogP contribution < -0.4 is 4.74 Å². The van der Waals surface area contributed by atoms with Gasteiger partial charge in [-0.1, -0.05) is 0 Å². The maximum Gasteiger partial charge on any atom is 0.387 e. The first kappa shape index (κ1) is 13.1. The minimum atomic E-state index is -2.88. The van der Waals surface area contributed by atoms with Crippen molar-refractivity contribution in [2.45, 2.75) is 13.0 Å². The van der Waals surface area contributed by atoms with E-state index in [1.807, 2.05) is 0 Å². The number of halogens is 2. The third kappa shape index (κ3) is 3.54. The van der Waals surface area contributed by atoms with Crippen LogP contribution >= 0.6 is 0 Å². The summed E-state index contributed by atoms with van der Waals surface area (Å²) in [5.41, 5.74) is 0.370. The summed E-state index contributed by atoms with van der Waals surface area (Å²) in [6.45, 7) is -2.88. The van der Waals surface area contributed by atoms with Crippen LogP contribution in [0.25, 0.3) is 0 Å². The highest BCUT2D eigenvalue weighted by molar-refractivity contribution is 5.97. The summed E-state index contributed by atoms with van der Waals surface area (Å²) in [5, 5.41) is 11.2. The van der Waals surface area contributed by atoms with E-state index in [2.05, 4.69) is 20.1 Å². The van der Waals surface area contributed by atoms with Crippen LogP contribution in [0.4, 0.5) is 8.78 Å². The van der Waals surface area contributed by atoms with E-state index in [0.717, 1.165) is 0 Å². The Kier molecular flexibility index (Phi) is 3.79. The van der Waals surface area contributed by atoms with Crippen molar-refractivity contribution in [3.05, 3.63) is 35.7 Å². The molecule has 1 aromatic heterocycles. The number of hydrogen-bond donors (Lipinski definition) is 0. The number of alkyl halides is 2. The van der Waals surface area contributed by atoms with Crippen molar-refractivity contribution >= 4 is 5.78 Å². The average molecular weight is 268 g/mol. The summed E-state index contributed by atoms with van der Waals surface area (Å²) < 4.78 is 28.1. The molecule has 0 saturated heterocycles. The molecule has 1 aromatic carbocycles. The topological polar surface area (TPSA) is 69.9 Å². The molecule has 0 aliphatic carbocycles. The number of aryl methyl sites for hydroxylation is 1.